The normalized spacial score (nSPS) is 11.4. The molecule has 576 valence electrons. The van der Waals surface area contributed by atoms with E-state index in [0.717, 1.165) is 234 Å². The summed E-state index contributed by atoms with van der Waals surface area (Å²) >= 11 is 0. The molecule has 0 radical (unpaired) electrons. The van der Waals surface area contributed by atoms with Crippen LogP contribution in [-0.2, 0) is 0 Å². The Labute approximate surface area is 706 Å². The number of hydrogen-bond donors (Lipinski definition) is 0. The van der Waals surface area contributed by atoms with Gasteiger partial charge in [0.2, 0.25) is 0 Å². The number of hydrogen-bond acceptors (Lipinski definition) is 13. The Kier molecular flexibility index (Phi) is 18.6. The van der Waals surface area contributed by atoms with E-state index in [1.165, 1.54) is 0 Å². The summed E-state index contributed by atoms with van der Waals surface area (Å²) in [5, 5.41) is 6.35. The van der Waals surface area contributed by atoms with Crippen LogP contribution in [0.4, 0.5) is 0 Å². The quantitative estimate of drug-likeness (QED) is 0.113. The van der Waals surface area contributed by atoms with Crippen LogP contribution in [0.2, 0.25) is 0 Å². The van der Waals surface area contributed by atoms with Crippen LogP contribution in [0.3, 0.4) is 0 Å². The zero-order valence-corrected chi connectivity index (χ0v) is 66.0. The molecule has 24 rings (SSSR count). The third kappa shape index (κ3) is 13.9. The third-order valence-corrected chi connectivity index (χ3v) is 22.7. The summed E-state index contributed by atoms with van der Waals surface area (Å²) in [5.41, 5.74) is 33.6. The summed E-state index contributed by atoms with van der Waals surface area (Å²) in [6, 6.07) is 117. The van der Waals surface area contributed by atoms with Crippen LogP contribution in [0, 0.1) is 0 Å². The highest BCUT2D eigenvalue weighted by atomic mass is 16.3. The summed E-state index contributed by atoms with van der Waals surface area (Å²) in [6.07, 6.45) is 22.0. The van der Waals surface area contributed by atoms with E-state index < -0.39 is 0 Å². The highest BCUT2D eigenvalue weighted by Crippen LogP contribution is 2.49. The Balaban J connectivity index is 0.000000110. The lowest BCUT2D eigenvalue weighted by atomic mass is 9.93. The van der Waals surface area contributed by atoms with Crippen molar-refractivity contribution in [1.82, 2.24) is 49.8 Å². The van der Waals surface area contributed by atoms with Crippen molar-refractivity contribution in [1.29, 1.82) is 0 Å². The van der Waals surface area contributed by atoms with E-state index in [9.17, 15) is 0 Å². The van der Waals surface area contributed by atoms with Crippen molar-refractivity contribution in [3.63, 3.8) is 0 Å². The molecule has 0 unspecified atom stereocenters. The lowest BCUT2D eigenvalue weighted by molar-refractivity contribution is 0.621. The maximum absolute atomic E-state index is 6.58. The predicted octanol–water partition coefficient (Wildman–Crippen LogP) is 28.0. The van der Waals surface area contributed by atoms with E-state index in [4.69, 9.17) is 33.2 Å². The van der Waals surface area contributed by atoms with Crippen molar-refractivity contribution in [2.75, 3.05) is 0 Å². The molecule has 6 aliphatic heterocycles. The first kappa shape index (κ1) is 72.5. The third-order valence-electron chi connectivity index (χ3n) is 22.7. The number of aromatic nitrogens is 10. The monoisotopic (exact) mass is 1580 g/mol. The zero-order chi connectivity index (χ0) is 81.5. The van der Waals surface area contributed by atoms with Gasteiger partial charge in [-0.2, -0.15) is 0 Å². The van der Waals surface area contributed by atoms with Crippen molar-refractivity contribution in [3.8, 4) is 168 Å². The number of pyridine rings is 7. The van der Waals surface area contributed by atoms with Crippen LogP contribution in [0.5, 0.6) is 0 Å². The number of rotatable bonds is 12. The second-order valence-electron chi connectivity index (χ2n) is 30.2. The Hall–Kier alpha value is -16.9. The molecule has 0 saturated carbocycles. The first-order valence-electron chi connectivity index (χ1n) is 40.6. The van der Waals surface area contributed by atoms with Crippen LogP contribution < -0.4 is 0 Å². The minimum Gasteiger partial charge on any atom is -0.455 e. The van der Waals surface area contributed by atoms with Crippen LogP contribution >= 0.6 is 0 Å². The second-order valence-corrected chi connectivity index (χ2v) is 30.2. The van der Waals surface area contributed by atoms with Crippen LogP contribution in [-0.4, -0.2) is 49.8 Å². The molecule has 0 fully saturated rings. The van der Waals surface area contributed by atoms with E-state index in [1.54, 1.807) is 24.8 Å². The van der Waals surface area contributed by atoms with Crippen molar-refractivity contribution in [3.05, 3.63) is 414 Å². The summed E-state index contributed by atoms with van der Waals surface area (Å²) < 4.78 is 19.7. The van der Waals surface area contributed by atoms with Gasteiger partial charge >= 0.3 is 0 Å². The molecular weight excluding hydrogens is 1510 g/mol. The molecular formula is C110H68N10O3. The number of fused-ring (bicyclic) bond motifs is 15. The van der Waals surface area contributed by atoms with Gasteiger partial charge in [-0.25, -0.2) is 19.9 Å². The Morgan fingerprint density at radius 1 is 0.163 bits per heavy atom. The molecule has 13 heterocycles. The highest BCUT2D eigenvalue weighted by Gasteiger charge is 2.27. The minimum atomic E-state index is 0.818. The fraction of sp³-hybridized carbons (Fsp3) is 0. The van der Waals surface area contributed by atoms with E-state index in [1.807, 2.05) is 183 Å². The molecule has 11 aromatic carbocycles. The van der Waals surface area contributed by atoms with Gasteiger partial charge in [-0.15, -0.1) is 0 Å². The molecule has 0 spiro atoms. The van der Waals surface area contributed by atoms with Crippen molar-refractivity contribution >= 4 is 65.6 Å². The first-order valence-corrected chi connectivity index (χ1v) is 40.6. The number of benzene rings is 11. The average Bonchev–Trinajstić information content (AvgIpc) is 1.61. The summed E-state index contributed by atoms with van der Waals surface area (Å²) in [5.74, 6) is 2.49. The fourth-order valence-electron chi connectivity index (χ4n) is 16.8. The Morgan fingerprint density at radius 2 is 0.415 bits per heavy atom. The molecule has 0 N–H and O–H groups in total. The first-order chi connectivity index (χ1) is 60.9. The van der Waals surface area contributed by atoms with Gasteiger partial charge in [0.1, 0.15) is 34.0 Å². The lowest BCUT2D eigenvalue weighted by Crippen LogP contribution is -1.92. The van der Waals surface area contributed by atoms with Crippen molar-refractivity contribution in [2.45, 2.75) is 0 Å². The SMILES string of the molecule is c1ccc2c3c(-c4ccc(-c5cc(-c6ccncc6)cc(-c6ccncc6)c5)cc4)oc4ccccc4c-3nc2c1.c1cncc(-c2cc(-c3ccc(-c4oc5ccccc5c5nc6ccccc6c4-5)cc3)cc(-c3cccnc3)c2)c1.c1cncc(-c2cc(-c3ccc(-c4oc5ccccc5c5nc6ccccc6c4-5)cc3)cc(-c3cccnc3)n2)c1. The summed E-state index contributed by atoms with van der Waals surface area (Å²) in [7, 11) is 0. The van der Waals surface area contributed by atoms with Crippen LogP contribution in [0.15, 0.2) is 427 Å². The standard InChI is InChI=1S/2C37H23N3O.C36H22N4O/c1-3-11-33-31(9-1)35-36(40-33)32-10-2-4-12-34(32)41-37(35)25-15-13-24(14-16-25)28-19-29(26-7-5-17-38-22-26)21-30(20-28)27-8-6-18-39-23-27;1-3-7-33-31(5-1)35-36(40-33)32-6-2-4-8-34(32)41-37(35)27-11-9-24(10-12-27)28-21-29(25-13-17-38-18-14-25)23-30(22-28)26-15-19-39-20-16-26;1-3-11-30-28(9-1)34-35(40-30)29-10-2-4-12-33(29)41-36(34)24-15-13-23(14-16-24)27-19-31(25-7-5-17-37-21-25)39-32(20-27)26-8-6-18-38-22-26/h2*1-23H;1-22H. The largest absolute Gasteiger partial charge is 0.455 e. The van der Waals surface area contributed by atoms with Gasteiger partial charge in [0.15, 0.2) is 0 Å². The Morgan fingerprint density at radius 3 is 0.715 bits per heavy atom. The van der Waals surface area contributed by atoms with Crippen molar-refractivity contribution in [2.24, 2.45) is 0 Å². The fourth-order valence-corrected chi connectivity index (χ4v) is 16.8. The molecule has 13 nitrogen and oxygen atoms in total. The number of nitrogens with zero attached hydrogens (tertiary/aromatic N) is 10. The van der Waals surface area contributed by atoms with Crippen LogP contribution in [0.25, 0.3) is 234 Å². The molecule has 0 bridgehead atoms. The Bertz CT molecular complexity index is 6970. The van der Waals surface area contributed by atoms with Gasteiger partial charge in [-0.05, 0) is 231 Å². The molecule has 123 heavy (non-hydrogen) atoms. The van der Waals surface area contributed by atoms with Gasteiger partial charge in [-0.1, -0.05) is 176 Å². The smallest absolute Gasteiger partial charge is 0.144 e. The molecule has 6 aliphatic rings. The molecule has 0 atom stereocenters. The second kappa shape index (κ2) is 31.5. The van der Waals surface area contributed by atoms with E-state index in [-0.39, 0.29) is 0 Å². The average molecular weight is 1580 g/mol. The van der Waals surface area contributed by atoms with Gasteiger partial charge in [-0.3, -0.25) is 29.9 Å². The van der Waals surface area contributed by atoms with E-state index >= 15 is 0 Å². The molecule has 0 amide bonds. The predicted molar refractivity (Wildman–Crippen MR) is 494 cm³/mol. The molecule has 7 aromatic heterocycles. The van der Waals surface area contributed by atoms with Gasteiger partial charge in [0, 0.05) is 146 Å². The lowest BCUT2D eigenvalue weighted by Gasteiger charge is -2.13. The topological polar surface area (TPSA) is 168 Å². The van der Waals surface area contributed by atoms with E-state index in [0.29, 0.717) is 0 Å². The zero-order valence-electron chi connectivity index (χ0n) is 66.0. The maximum atomic E-state index is 6.58. The number of para-hydroxylation sites is 6. The summed E-state index contributed by atoms with van der Waals surface area (Å²) in [6.45, 7) is 0. The minimum absolute atomic E-state index is 0.818. The van der Waals surface area contributed by atoms with Crippen molar-refractivity contribution < 1.29 is 13.3 Å². The molecule has 0 aliphatic carbocycles. The molecule has 13 heteroatoms. The van der Waals surface area contributed by atoms with Gasteiger partial charge in [0.25, 0.3) is 0 Å². The van der Waals surface area contributed by atoms with Gasteiger partial charge < -0.3 is 13.3 Å². The molecule has 0 saturated heterocycles. The van der Waals surface area contributed by atoms with E-state index in [2.05, 4.69) is 236 Å². The summed E-state index contributed by atoms with van der Waals surface area (Å²) in [4.78, 5) is 45.7. The van der Waals surface area contributed by atoms with Crippen LogP contribution in [0.1, 0.15) is 0 Å². The highest BCUT2D eigenvalue weighted by molar-refractivity contribution is 6.13. The maximum Gasteiger partial charge on any atom is 0.144 e. The molecule has 18 aromatic rings. The van der Waals surface area contributed by atoms with Gasteiger partial charge in [0.05, 0.1) is 61.7 Å².